The minimum absolute atomic E-state index is 0.0309. The predicted molar refractivity (Wildman–Crippen MR) is 79.7 cm³/mol. The molecule has 2 saturated carbocycles. The maximum absolute atomic E-state index is 12.3. The number of hydrogen-bond donors (Lipinski definition) is 2. The molecule has 2 N–H and O–H groups in total. The van der Waals surface area contributed by atoms with Gasteiger partial charge in [0.15, 0.2) is 0 Å². The second-order valence-corrected chi connectivity index (χ2v) is 6.03. The van der Waals surface area contributed by atoms with Gasteiger partial charge in [-0.25, -0.2) is 4.98 Å². The van der Waals surface area contributed by atoms with Crippen molar-refractivity contribution < 1.29 is 4.79 Å². The first-order chi connectivity index (χ1) is 9.78. The van der Waals surface area contributed by atoms with Gasteiger partial charge in [-0.1, -0.05) is 6.92 Å². The molecule has 108 valence electrons. The van der Waals surface area contributed by atoms with E-state index in [-0.39, 0.29) is 5.91 Å². The first kappa shape index (κ1) is 13.4. The van der Waals surface area contributed by atoms with Gasteiger partial charge in [0.2, 0.25) is 0 Å². The average Bonchev–Trinajstić information content (AvgIpc) is 3.36. The second kappa shape index (κ2) is 5.81. The van der Waals surface area contributed by atoms with Gasteiger partial charge in [-0.05, 0) is 56.1 Å². The fraction of sp³-hybridized carbons (Fsp3) is 0.625. The van der Waals surface area contributed by atoms with Crippen LogP contribution in [0.3, 0.4) is 0 Å². The van der Waals surface area contributed by atoms with Crippen LogP contribution in [0, 0.1) is 11.8 Å². The molecular formula is C16H23N3O. The van der Waals surface area contributed by atoms with E-state index in [0.29, 0.717) is 11.6 Å². The number of rotatable bonds is 7. The van der Waals surface area contributed by atoms with E-state index in [1.165, 1.54) is 25.7 Å². The largest absolute Gasteiger partial charge is 0.370 e. The van der Waals surface area contributed by atoms with E-state index in [4.69, 9.17) is 0 Å². The molecule has 1 amide bonds. The highest BCUT2D eigenvalue weighted by molar-refractivity contribution is 5.94. The second-order valence-electron chi connectivity index (χ2n) is 6.03. The Bertz CT molecular complexity index is 451. The molecule has 0 bridgehead atoms. The summed E-state index contributed by atoms with van der Waals surface area (Å²) in [6.07, 6.45) is 7.84. The molecule has 3 rings (SSSR count). The van der Waals surface area contributed by atoms with Gasteiger partial charge in [-0.3, -0.25) is 4.79 Å². The first-order valence-corrected chi connectivity index (χ1v) is 7.78. The summed E-state index contributed by atoms with van der Waals surface area (Å²) in [5, 5.41) is 6.44. The van der Waals surface area contributed by atoms with Crippen molar-refractivity contribution >= 4 is 11.7 Å². The SMILES string of the molecule is CCCNc1ccc(C(=O)NC(C2CC2)C2CC2)cn1. The van der Waals surface area contributed by atoms with Crippen molar-refractivity contribution in [3.05, 3.63) is 23.9 Å². The van der Waals surface area contributed by atoms with Crippen LogP contribution in [0.25, 0.3) is 0 Å². The number of pyridine rings is 1. The average molecular weight is 273 g/mol. The summed E-state index contributed by atoms with van der Waals surface area (Å²) >= 11 is 0. The third-order valence-corrected chi connectivity index (χ3v) is 4.14. The molecule has 2 aliphatic carbocycles. The maximum Gasteiger partial charge on any atom is 0.253 e. The molecule has 0 aliphatic heterocycles. The fourth-order valence-corrected chi connectivity index (χ4v) is 2.65. The Kier molecular flexibility index (Phi) is 3.90. The zero-order valence-corrected chi connectivity index (χ0v) is 12.1. The Labute approximate surface area is 120 Å². The minimum atomic E-state index is 0.0309. The van der Waals surface area contributed by atoms with Crippen molar-refractivity contribution in [1.82, 2.24) is 10.3 Å². The number of hydrogen-bond acceptors (Lipinski definition) is 3. The van der Waals surface area contributed by atoms with Gasteiger partial charge in [0.25, 0.3) is 5.91 Å². The number of amides is 1. The van der Waals surface area contributed by atoms with Crippen molar-refractivity contribution in [2.75, 3.05) is 11.9 Å². The molecule has 0 radical (unpaired) electrons. The van der Waals surface area contributed by atoms with E-state index in [1.54, 1.807) is 6.20 Å². The van der Waals surface area contributed by atoms with Gasteiger partial charge in [0.1, 0.15) is 5.82 Å². The van der Waals surface area contributed by atoms with Crippen LogP contribution in [0.4, 0.5) is 5.82 Å². The summed E-state index contributed by atoms with van der Waals surface area (Å²) in [6, 6.07) is 4.14. The quantitative estimate of drug-likeness (QED) is 0.803. The van der Waals surface area contributed by atoms with E-state index < -0.39 is 0 Å². The molecule has 1 heterocycles. The number of nitrogens with zero attached hydrogens (tertiary/aromatic N) is 1. The molecule has 0 spiro atoms. The molecule has 0 atom stereocenters. The Balaban J connectivity index is 1.58. The summed E-state index contributed by atoms with van der Waals surface area (Å²) in [5.41, 5.74) is 0.665. The third-order valence-electron chi connectivity index (χ3n) is 4.14. The maximum atomic E-state index is 12.3. The minimum Gasteiger partial charge on any atom is -0.370 e. The number of aromatic nitrogens is 1. The molecule has 1 aromatic rings. The lowest BCUT2D eigenvalue weighted by molar-refractivity contribution is 0.0926. The van der Waals surface area contributed by atoms with Crippen LogP contribution in [0.1, 0.15) is 49.4 Å². The predicted octanol–water partition coefficient (Wildman–Crippen LogP) is 2.82. The smallest absolute Gasteiger partial charge is 0.253 e. The number of nitrogens with one attached hydrogen (secondary N) is 2. The van der Waals surface area contributed by atoms with Crippen LogP contribution in [0.2, 0.25) is 0 Å². The number of anilines is 1. The normalized spacial score (nSPS) is 18.1. The lowest BCUT2D eigenvalue weighted by atomic mass is 10.1. The Morgan fingerprint density at radius 2 is 2.00 bits per heavy atom. The summed E-state index contributed by atoms with van der Waals surface area (Å²) in [5.74, 6) is 2.32. The molecule has 2 fully saturated rings. The van der Waals surface area contributed by atoms with Crippen molar-refractivity contribution in [2.24, 2.45) is 11.8 Å². The standard InChI is InChI=1S/C16H23N3O/c1-2-9-17-14-8-7-13(10-18-14)16(20)19-15(11-3-4-11)12-5-6-12/h7-8,10-12,15H,2-6,9H2,1H3,(H,17,18)(H,19,20). The lowest BCUT2D eigenvalue weighted by Gasteiger charge is -2.17. The topological polar surface area (TPSA) is 54.0 Å². The van der Waals surface area contributed by atoms with Crippen LogP contribution in [-0.2, 0) is 0 Å². The summed E-state index contributed by atoms with van der Waals surface area (Å²) in [4.78, 5) is 16.6. The Morgan fingerprint density at radius 1 is 1.30 bits per heavy atom. The molecule has 4 nitrogen and oxygen atoms in total. The van der Waals surface area contributed by atoms with Gasteiger partial charge in [0.05, 0.1) is 5.56 Å². The molecule has 0 saturated heterocycles. The van der Waals surface area contributed by atoms with Gasteiger partial charge in [-0.15, -0.1) is 0 Å². The van der Waals surface area contributed by atoms with Crippen molar-refractivity contribution in [3.63, 3.8) is 0 Å². The van der Waals surface area contributed by atoms with E-state index in [1.807, 2.05) is 12.1 Å². The lowest BCUT2D eigenvalue weighted by Crippen LogP contribution is -2.38. The molecule has 1 aromatic heterocycles. The fourth-order valence-electron chi connectivity index (χ4n) is 2.65. The van der Waals surface area contributed by atoms with Gasteiger partial charge >= 0.3 is 0 Å². The third kappa shape index (κ3) is 3.30. The highest BCUT2D eigenvalue weighted by Crippen LogP contribution is 2.44. The Morgan fingerprint density at radius 3 is 2.50 bits per heavy atom. The first-order valence-electron chi connectivity index (χ1n) is 7.78. The molecule has 20 heavy (non-hydrogen) atoms. The van der Waals surface area contributed by atoms with E-state index in [0.717, 1.165) is 30.6 Å². The van der Waals surface area contributed by atoms with Gasteiger partial charge < -0.3 is 10.6 Å². The number of carbonyl (C=O) groups excluding carboxylic acids is 1. The molecule has 0 unspecified atom stereocenters. The molecule has 2 aliphatic rings. The monoisotopic (exact) mass is 273 g/mol. The van der Waals surface area contributed by atoms with E-state index in [9.17, 15) is 4.79 Å². The van der Waals surface area contributed by atoms with Gasteiger partial charge in [0, 0.05) is 18.8 Å². The zero-order valence-electron chi connectivity index (χ0n) is 12.1. The van der Waals surface area contributed by atoms with Crippen molar-refractivity contribution in [1.29, 1.82) is 0 Å². The van der Waals surface area contributed by atoms with E-state index >= 15 is 0 Å². The molecule has 4 heteroatoms. The van der Waals surface area contributed by atoms with Crippen LogP contribution < -0.4 is 10.6 Å². The summed E-state index contributed by atoms with van der Waals surface area (Å²) < 4.78 is 0. The van der Waals surface area contributed by atoms with Crippen molar-refractivity contribution in [3.8, 4) is 0 Å². The highest BCUT2D eigenvalue weighted by atomic mass is 16.1. The van der Waals surface area contributed by atoms with Crippen LogP contribution in [0.5, 0.6) is 0 Å². The van der Waals surface area contributed by atoms with E-state index in [2.05, 4.69) is 22.5 Å². The van der Waals surface area contributed by atoms with Gasteiger partial charge in [-0.2, -0.15) is 0 Å². The zero-order chi connectivity index (χ0) is 13.9. The summed E-state index contributed by atoms with van der Waals surface area (Å²) in [6.45, 7) is 3.02. The van der Waals surface area contributed by atoms with Crippen molar-refractivity contribution in [2.45, 2.75) is 45.1 Å². The molecular weight excluding hydrogens is 250 g/mol. The van der Waals surface area contributed by atoms with Crippen LogP contribution in [-0.4, -0.2) is 23.5 Å². The number of carbonyl (C=O) groups is 1. The molecule has 0 aromatic carbocycles. The summed E-state index contributed by atoms with van der Waals surface area (Å²) in [7, 11) is 0. The Hall–Kier alpha value is -1.58. The highest BCUT2D eigenvalue weighted by Gasteiger charge is 2.42. The van der Waals surface area contributed by atoms with Crippen LogP contribution in [0.15, 0.2) is 18.3 Å². The van der Waals surface area contributed by atoms with Crippen LogP contribution >= 0.6 is 0 Å².